The van der Waals surface area contributed by atoms with E-state index >= 15 is 0 Å². The Kier molecular flexibility index (Phi) is 4.03. The van der Waals surface area contributed by atoms with Crippen LogP contribution in [0.2, 0.25) is 0 Å². The summed E-state index contributed by atoms with van der Waals surface area (Å²) < 4.78 is 0. The molecule has 3 heterocycles. The van der Waals surface area contributed by atoms with Crippen molar-refractivity contribution < 1.29 is 4.79 Å². The monoisotopic (exact) mass is 319 g/mol. The second-order valence-corrected chi connectivity index (χ2v) is 6.62. The van der Waals surface area contributed by atoms with E-state index in [1.807, 2.05) is 47.6 Å². The highest BCUT2D eigenvalue weighted by atomic mass is 16.2. The van der Waals surface area contributed by atoms with E-state index in [2.05, 4.69) is 22.1 Å². The van der Waals surface area contributed by atoms with Crippen molar-refractivity contribution in [3.63, 3.8) is 0 Å². The van der Waals surface area contributed by atoms with E-state index in [1.165, 1.54) is 5.56 Å². The van der Waals surface area contributed by atoms with E-state index in [-0.39, 0.29) is 5.91 Å². The van der Waals surface area contributed by atoms with Crippen LogP contribution in [-0.2, 0) is 17.6 Å². The number of nitrogens with zero attached hydrogens (tertiary/aromatic N) is 2. The first-order valence-corrected chi connectivity index (χ1v) is 8.51. The molecule has 4 heteroatoms. The number of fused-ring (bicyclic) bond motifs is 1. The number of benzene rings is 1. The molecule has 2 aromatic heterocycles. The molecule has 1 unspecified atom stereocenters. The van der Waals surface area contributed by atoms with Gasteiger partial charge in [0.1, 0.15) is 5.65 Å². The molecule has 1 amide bonds. The highest BCUT2D eigenvalue weighted by molar-refractivity contribution is 5.79. The van der Waals surface area contributed by atoms with Gasteiger partial charge in [-0.15, -0.1) is 0 Å². The summed E-state index contributed by atoms with van der Waals surface area (Å²) in [6.07, 6.45) is 6.44. The van der Waals surface area contributed by atoms with Crippen LogP contribution < -0.4 is 0 Å². The number of hydrogen-bond acceptors (Lipinski definition) is 2. The number of rotatable bonds is 4. The molecule has 0 saturated carbocycles. The Hall–Kier alpha value is -2.62. The number of aromatic nitrogens is 2. The van der Waals surface area contributed by atoms with E-state index in [4.69, 9.17) is 0 Å². The molecule has 24 heavy (non-hydrogen) atoms. The quantitative estimate of drug-likeness (QED) is 0.803. The Morgan fingerprint density at radius 2 is 2.08 bits per heavy atom. The summed E-state index contributed by atoms with van der Waals surface area (Å²) in [5.74, 6) is 0.769. The van der Waals surface area contributed by atoms with Crippen LogP contribution in [0, 0.1) is 5.92 Å². The fourth-order valence-electron chi connectivity index (χ4n) is 3.54. The number of carbonyl (C=O) groups excluding carboxylic acids is 1. The second-order valence-electron chi connectivity index (χ2n) is 6.62. The van der Waals surface area contributed by atoms with Crippen molar-refractivity contribution in [3.05, 3.63) is 66.0 Å². The van der Waals surface area contributed by atoms with E-state index in [0.29, 0.717) is 12.3 Å². The van der Waals surface area contributed by atoms with Gasteiger partial charge in [0.2, 0.25) is 5.91 Å². The van der Waals surface area contributed by atoms with E-state index in [1.54, 1.807) is 0 Å². The predicted octanol–water partition coefficient (Wildman–Crippen LogP) is 3.20. The first kappa shape index (κ1) is 14.9. The summed E-state index contributed by atoms with van der Waals surface area (Å²) in [6.45, 7) is 1.73. The minimum atomic E-state index is 0.239. The number of pyridine rings is 1. The highest BCUT2D eigenvalue weighted by Gasteiger charge is 2.26. The molecule has 1 aliphatic heterocycles. The molecule has 4 rings (SSSR count). The Bertz CT molecular complexity index is 840. The van der Waals surface area contributed by atoms with Gasteiger partial charge < -0.3 is 9.88 Å². The third-order valence-corrected chi connectivity index (χ3v) is 4.82. The normalized spacial score (nSPS) is 17.5. The van der Waals surface area contributed by atoms with Crippen LogP contribution in [0.1, 0.15) is 17.5 Å². The van der Waals surface area contributed by atoms with Gasteiger partial charge in [0, 0.05) is 30.9 Å². The average molecular weight is 319 g/mol. The molecule has 0 radical (unpaired) electrons. The molecule has 1 saturated heterocycles. The summed E-state index contributed by atoms with van der Waals surface area (Å²) in [5, 5.41) is 1.16. The largest absolute Gasteiger partial charge is 0.346 e. The molecule has 1 aliphatic rings. The minimum Gasteiger partial charge on any atom is -0.346 e. The Morgan fingerprint density at radius 3 is 2.96 bits per heavy atom. The fraction of sp³-hybridized carbons (Fsp3) is 0.300. The van der Waals surface area contributed by atoms with Crippen LogP contribution in [0.3, 0.4) is 0 Å². The lowest BCUT2D eigenvalue weighted by Gasteiger charge is -2.16. The highest BCUT2D eigenvalue weighted by Crippen LogP contribution is 2.23. The number of nitrogens with one attached hydrogen (secondary N) is 1. The summed E-state index contributed by atoms with van der Waals surface area (Å²) in [6, 6.07) is 14.2. The maximum absolute atomic E-state index is 12.5. The SMILES string of the molecule is O=C(Cc1ccccc1)N1CCC(Cc2cnc3[nH]ccc3c2)C1. The Balaban J connectivity index is 1.36. The van der Waals surface area contributed by atoms with Crippen molar-refractivity contribution in [1.82, 2.24) is 14.9 Å². The van der Waals surface area contributed by atoms with Gasteiger partial charge in [0.05, 0.1) is 6.42 Å². The molecule has 0 spiro atoms. The summed E-state index contributed by atoms with van der Waals surface area (Å²) in [7, 11) is 0. The third kappa shape index (κ3) is 3.18. The van der Waals surface area contributed by atoms with Crippen molar-refractivity contribution in [2.75, 3.05) is 13.1 Å². The van der Waals surface area contributed by atoms with Crippen molar-refractivity contribution in [2.24, 2.45) is 5.92 Å². The van der Waals surface area contributed by atoms with E-state index in [0.717, 1.165) is 42.5 Å². The number of carbonyl (C=O) groups is 1. The molecular weight excluding hydrogens is 298 g/mol. The number of hydrogen-bond donors (Lipinski definition) is 1. The van der Waals surface area contributed by atoms with Crippen LogP contribution in [0.4, 0.5) is 0 Å². The number of H-pyrrole nitrogens is 1. The topological polar surface area (TPSA) is 49.0 Å². The standard InChI is InChI=1S/C20H21N3O/c24-19(12-15-4-2-1-3-5-15)23-9-7-16(14-23)10-17-11-18-6-8-21-20(18)22-13-17/h1-6,8,11,13,16H,7,9-10,12,14H2,(H,21,22). The molecule has 0 aliphatic carbocycles. The predicted molar refractivity (Wildman–Crippen MR) is 94.6 cm³/mol. The van der Waals surface area contributed by atoms with Gasteiger partial charge >= 0.3 is 0 Å². The Labute approximate surface area is 141 Å². The molecule has 1 N–H and O–H groups in total. The van der Waals surface area contributed by atoms with Crippen LogP contribution in [0.15, 0.2) is 54.9 Å². The smallest absolute Gasteiger partial charge is 0.226 e. The van der Waals surface area contributed by atoms with Crippen LogP contribution in [0.25, 0.3) is 11.0 Å². The van der Waals surface area contributed by atoms with Crippen LogP contribution in [-0.4, -0.2) is 33.9 Å². The fourth-order valence-corrected chi connectivity index (χ4v) is 3.54. The van der Waals surface area contributed by atoms with Gasteiger partial charge in [0.25, 0.3) is 0 Å². The van der Waals surface area contributed by atoms with Gasteiger partial charge in [0.15, 0.2) is 0 Å². The van der Waals surface area contributed by atoms with Crippen molar-refractivity contribution in [1.29, 1.82) is 0 Å². The maximum Gasteiger partial charge on any atom is 0.226 e. The molecule has 1 aromatic carbocycles. The molecule has 1 atom stereocenters. The molecule has 1 fully saturated rings. The van der Waals surface area contributed by atoms with Crippen molar-refractivity contribution in [3.8, 4) is 0 Å². The zero-order chi connectivity index (χ0) is 16.4. The summed E-state index contributed by atoms with van der Waals surface area (Å²) >= 11 is 0. The average Bonchev–Trinajstić information content (AvgIpc) is 3.24. The lowest BCUT2D eigenvalue weighted by atomic mass is 9.99. The molecule has 3 aromatic rings. The first-order valence-electron chi connectivity index (χ1n) is 8.51. The maximum atomic E-state index is 12.5. The van der Waals surface area contributed by atoms with Crippen molar-refractivity contribution >= 4 is 16.9 Å². The summed E-state index contributed by atoms with van der Waals surface area (Å²) in [4.78, 5) is 22.1. The lowest BCUT2D eigenvalue weighted by molar-refractivity contribution is -0.129. The number of aromatic amines is 1. The molecule has 0 bridgehead atoms. The third-order valence-electron chi connectivity index (χ3n) is 4.82. The van der Waals surface area contributed by atoms with Gasteiger partial charge in [-0.05, 0) is 42.0 Å². The zero-order valence-electron chi connectivity index (χ0n) is 13.6. The van der Waals surface area contributed by atoms with Crippen molar-refractivity contribution in [2.45, 2.75) is 19.3 Å². The first-order chi connectivity index (χ1) is 11.8. The minimum absolute atomic E-state index is 0.239. The lowest BCUT2D eigenvalue weighted by Crippen LogP contribution is -2.30. The van der Waals surface area contributed by atoms with Crippen LogP contribution in [0.5, 0.6) is 0 Å². The van der Waals surface area contributed by atoms with Gasteiger partial charge in [-0.1, -0.05) is 30.3 Å². The number of likely N-dealkylation sites (tertiary alicyclic amines) is 1. The van der Waals surface area contributed by atoms with E-state index in [9.17, 15) is 4.79 Å². The Morgan fingerprint density at radius 1 is 1.21 bits per heavy atom. The summed E-state index contributed by atoms with van der Waals surface area (Å²) in [5.41, 5.74) is 3.28. The number of amides is 1. The van der Waals surface area contributed by atoms with E-state index < -0.39 is 0 Å². The zero-order valence-corrected chi connectivity index (χ0v) is 13.6. The van der Waals surface area contributed by atoms with Gasteiger partial charge in [-0.3, -0.25) is 4.79 Å². The van der Waals surface area contributed by atoms with Gasteiger partial charge in [-0.25, -0.2) is 4.98 Å². The van der Waals surface area contributed by atoms with Gasteiger partial charge in [-0.2, -0.15) is 0 Å². The molecule has 122 valence electrons. The van der Waals surface area contributed by atoms with Crippen LogP contribution >= 0.6 is 0 Å². The second kappa shape index (κ2) is 6.48. The molecule has 4 nitrogen and oxygen atoms in total. The molecular formula is C20H21N3O.